The molecule has 1 N–H and O–H groups in total. The summed E-state index contributed by atoms with van der Waals surface area (Å²) in [7, 11) is 0. The monoisotopic (exact) mass is 359 g/mol. The molecule has 0 atom stereocenters. The molecule has 138 valence electrons. The number of alkyl halides is 3. The van der Waals surface area contributed by atoms with Crippen molar-refractivity contribution in [2.75, 3.05) is 19.7 Å². The van der Waals surface area contributed by atoms with Crippen molar-refractivity contribution in [2.45, 2.75) is 38.0 Å². The highest BCUT2D eigenvalue weighted by atomic mass is 19.4. The van der Waals surface area contributed by atoms with Crippen molar-refractivity contribution in [3.63, 3.8) is 0 Å². The molecule has 1 aliphatic rings. The van der Waals surface area contributed by atoms with Gasteiger partial charge in [-0.25, -0.2) is 4.79 Å². The molecular formula is C17H20F3NO4. The van der Waals surface area contributed by atoms with E-state index in [4.69, 9.17) is 4.74 Å². The average Bonchev–Trinajstić information content (AvgIpc) is 2.55. The smallest absolute Gasteiger partial charge is 0.416 e. The van der Waals surface area contributed by atoms with Gasteiger partial charge in [-0.15, -0.1) is 0 Å². The van der Waals surface area contributed by atoms with Gasteiger partial charge in [0.2, 0.25) is 5.91 Å². The Hall–Kier alpha value is -2.09. The first-order chi connectivity index (χ1) is 11.7. The summed E-state index contributed by atoms with van der Waals surface area (Å²) in [6.45, 7) is 2.08. The van der Waals surface area contributed by atoms with Gasteiger partial charge in [-0.3, -0.25) is 4.79 Å². The van der Waals surface area contributed by atoms with Gasteiger partial charge in [-0.1, -0.05) is 18.2 Å². The van der Waals surface area contributed by atoms with Crippen molar-refractivity contribution in [2.24, 2.45) is 0 Å². The van der Waals surface area contributed by atoms with Gasteiger partial charge < -0.3 is 14.7 Å². The Balaban J connectivity index is 1.96. The summed E-state index contributed by atoms with van der Waals surface area (Å²) < 4.78 is 43.0. The second-order valence-corrected chi connectivity index (χ2v) is 6.01. The first kappa shape index (κ1) is 19.2. The van der Waals surface area contributed by atoms with Crippen LogP contribution in [0.25, 0.3) is 0 Å². The van der Waals surface area contributed by atoms with Crippen LogP contribution in [-0.2, 0) is 26.9 Å². The van der Waals surface area contributed by atoms with Gasteiger partial charge in [-0.05, 0) is 18.6 Å². The summed E-state index contributed by atoms with van der Waals surface area (Å²) in [5.74, 6) is -1.05. The van der Waals surface area contributed by atoms with Gasteiger partial charge in [0.25, 0.3) is 0 Å². The third kappa shape index (κ3) is 4.72. The van der Waals surface area contributed by atoms with Gasteiger partial charge in [-0.2, -0.15) is 13.2 Å². The number of hydrogen-bond acceptors (Lipinski definition) is 4. The molecule has 25 heavy (non-hydrogen) atoms. The minimum atomic E-state index is -4.46. The number of carbonyl (C=O) groups excluding carboxylic acids is 2. The molecule has 0 aromatic heterocycles. The number of benzene rings is 1. The highest BCUT2D eigenvalue weighted by Gasteiger charge is 2.41. The maximum Gasteiger partial charge on any atom is 0.416 e. The van der Waals surface area contributed by atoms with Crippen molar-refractivity contribution in [1.29, 1.82) is 0 Å². The van der Waals surface area contributed by atoms with Crippen LogP contribution >= 0.6 is 0 Å². The predicted octanol–water partition coefficient (Wildman–Crippen LogP) is 2.16. The Labute approximate surface area is 143 Å². The lowest BCUT2D eigenvalue weighted by Crippen LogP contribution is -2.51. The molecule has 0 saturated carbocycles. The zero-order valence-electron chi connectivity index (χ0n) is 13.8. The largest absolute Gasteiger partial charge is 0.464 e. The third-order valence-electron chi connectivity index (χ3n) is 4.21. The summed E-state index contributed by atoms with van der Waals surface area (Å²) in [6.07, 6.45) is -4.54. The Morgan fingerprint density at radius 2 is 1.92 bits per heavy atom. The quantitative estimate of drug-likeness (QED) is 0.837. The third-order valence-corrected chi connectivity index (χ3v) is 4.21. The van der Waals surface area contributed by atoms with E-state index in [0.717, 1.165) is 12.1 Å². The fourth-order valence-corrected chi connectivity index (χ4v) is 2.74. The van der Waals surface area contributed by atoms with Crippen LogP contribution in [0, 0.1) is 0 Å². The van der Waals surface area contributed by atoms with E-state index >= 15 is 0 Å². The molecule has 1 heterocycles. The molecule has 1 saturated heterocycles. The molecule has 0 radical (unpaired) electrons. The van der Waals surface area contributed by atoms with Crippen LogP contribution in [0.4, 0.5) is 13.2 Å². The van der Waals surface area contributed by atoms with E-state index in [0.29, 0.717) is 0 Å². The van der Waals surface area contributed by atoms with E-state index in [2.05, 4.69) is 0 Å². The summed E-state index contributed by atoms with van der Waals surface area (Å²) in [6, 6.07) is 4.64. The summed E-state index contributed by atoms with van der Waals surface area (Å²) in [5.41, 5.74) is -2.14. The number of halogens is 3. The van der Waals surface area contributed by atoms with Gasteiger partial charge in [0, 0.05) is 25.9 Å². The van der Waals surface area contributed by atoms with Crippen molar-refractivity contribution in [3.05, 3.63) is 35.4 Å². The van der Waals surface area contributed by atoms with E-state index in [-0.39, 0.29) is 50.4 Å². The van der Waals surface area contributed by atoms with Crippen molar-refractivity contribution < 1.29 is 32.6 Å². The molecule has 2 rings (SSSR count). The average molecular weight is 359 g/mol. The van der Waals surface area contributed by atoms with Crippen LogP contribution in [0.3, 0.4) is 0 Å². The standard InChI is InChI=1S/C17H20F3NO4/c1-2-25-15(23)16(24)6-8-21(9-7-16)14(22)11-12-4-3-5-13(10-12)17(18,19)20/h3-5,10,24H,2,6-9,11H2,1H3. The van der Waals surface area contributed by atoms with Gasteiger partial charge >= 0.3 is 12.1 Å². The first-order valence-corrected chi connectivity index (χ1v) is 7.99. The Kier molecular flexibility index (Phi) is 5.72. The second-order valence-electron chi connectivity index (χ2n) is 6.01. The Bertz CT molecular complexity index is 637. The molecule has 1 amide bonds. The van der Waals surface area contributed by atoms with Crippen LogP contribution in [0.2, 0.25) is 0 Å². The number of nitrogens with zero attached hydrogens (tertiary/aromatic N) is 1. The van der Waals surface area contributed by atoms with Crippen molar-refractivity contribution in [3.8, 4) is 0 Å². The molecule has 5 nitrogen and oxygen atoms in total. The van der Waals surface area contributed by atoms with Crippen LogP contribution in [0.15, 0.2) is 24.3 Å². The predicted molar refractivity (Wildman–Crippen MR) is 82.5 cm³/mol. The minimum Gasteiger partial charge on any atom is -0.464 e. The van der Waals surface area contributed by atoms with Crippen LogP contribution in [-0.4, -0.2) is 47.2 Å². The number of amides is 1. The highest BCUT2D eigenvalue weighted by molar-refractivity contribution is 5.81. The molecule has 8 heteroatoms. The van der Waals surface area contributed by atoms with E-state index in [9.17, 15) is 27.9 Å². The molecule has 1 aromatic rings. The zero-order valence-corrected chi connectivity index (χ0v) is 13.8. The molecule has 1 aromatic carbocycles. The lowest BCUT2D eigenvalue weighted by molar-refractivity contribution is -0.171. The number of hydrogen-bond donors (Lipinski definition) is 1. The molecule has 1 aliphatic heterocycles. The lowest BCUT2D eigenvalue weighted by Gasteiger charge is -2.36. The van der Waals surface area contributed by atoms with Gasteiger partial charge in [0.05, 0.1) is 18.6 Å². The highest BCUT2D eigenvalue weighted by Crippen LogP contribution is 2.30. The van der Waals surface area contributed by atoms with Crippen molar-refractivity contribution in [1.82, 2.24) is 4.90 Å². The van der Waals surface area contributed by atoms with Crippen molar-refractivity contribution >= 4 is 11.9 Å². The fourth-order valence-electron chi connectivity index (χ4n) is 2.74. The van der Waals surface area contributed by atoms with Crippen LogP contribution in [0.5, 0.6) is 0 Å². The summed E-state index contributed by atoms with van der Waals surface area (Å²) in [4.78, 5) is 25.5. The van der Waals surface area contributed by atoms with E-state index < -0.39 is 23.3 Å². The topological polar surface area (TPSA) is 66.8 Å². The molecule has 0 spiro atoms. The van der Waals surface area contributed by atoms with Crippen LogP contribution < -0.4 is 0 Å². The zero-order chi connectivity index (χ0) is 18.7. The Morgan fingerprint density at radius 1 is 1.28 bits per heavy atom. The van der Waals surface area contributed by atoms with Crippen LogP contribution in [0.1, 0.15) is 30.9 Å². The molecule has 1 fully saturated rings. The lowest BCUT2D eigenvalue weighted by atomic mass is 9.91. The molecule has 0 aliphatic carbocycles. The molecule has 0 bridgehead atoms. The van der Waals surface area contributed by atoms with E-state index in [1.54, 1.807) is 6.92 Å². The number of aliphatic hydroxyl groups is 1. The number of esters is 1. The Morgan fingerprint density at radius 3 is 2.48 bits per heavy atom. The number of piperidine rings is 1. The second kappa shape index (κ2) is 7.43. The van der Waals surface area contributed by atoms with Gasteiger partial charge in [0.1, 0.15) is 0 Å². The molecule has 0 unspecified atom stereocenters. The van der Waals surface area contributed by atoms with E-state index in [1.165, 1.54) is 17.0 Å². The first-order valence-electron chi connectivity index (χ1n) is 7.99. The summed E-state index contributed by atoms with van der Waals surface area (Å²) in [5, 5.41) is 10.2. The SMILES string of the molecule is CCOC(=O)C1(O)CCN(C(=O)Cc2cccc(C(F)(F)F)c2)CC1. The molecular weight excluding hydrogens is 339 g/mol. The summed E-state index contributed by atoms with van der Waals surface area (Å²) >= 11 is 0. The van der Waals surface area contributed by atoms with E-state index in [1.807, 2.05) is 0 Å². The van der Waals surface area contributed by atoms with Gasteiger partial charge in [0.15, 0.2) is 5.60 Å². The number of rotatable bonds is 4. The maximum absolute atomic E-state index is 12.7. The fraction of sp³-hybridized carbons (Fsp3) is 0.529. The normalized spacial score (nSPS) is 17.2. The number of ether oxygens (including phenoxy) is 1. The number of carbonyl (C=O) groups is 2. The minimum absolute atomic E-state index is 0.0418. The number of likely N-dealkylation sites (tertiary alicyclic amines) is 1. The maximum atomic E-state index is 12.7.